The molecule has 0 saturated carbocycles. The number of alkyl halides is 1. The summed E-state index contributed by atoms with van der Waals surface area (Å²) in [7, 11) is 3.29. The van der Waals surface area contributed by atoms with Crippen molar-refractivity contribution in [3.63, 3.8) is 0 Å². The van der Waals surface area contributed by atoms with E-state index in [-0.39, 0.29) is 6.61 Å². The summed E-state index contributed by atoms with van der Waals surface area (Å²) in [6, 6.07) is 15.5. The Morgan fingerprint density at radius 1 is 0.700 bits per heavy atom. The minimum absolute atomic E-state index is 0.119. The highest BCUT2D eigenvalue weighted by atomic mass is 79.9. The predicted molar refractivity (Wildman–Crippen MR) is 122 cm³/mol. The van der Waals surface area contributed by atoms with Gasteiger partial charge in [-0.2, -0.15) is 0 Å². The standard InChI is InChI=1S/C12H13BrO2.C12H14O3/c2*1-14-12-6-4-11(5-7-12)10-15-9-3-2-8-13/h4-7H,8-10H2,1H3;4-7,13H,8-10H2,1H3. The highest BCUT2D eigenvalue weighted by Gasteiger charge is 1.94. The summed E-state index contributed by atoms with van der Waals surface area (Å²) in [4.78, 5) is 0. The van der Waals surface area contributed by atoms with E-state index in [9.17, 15) is 0 Å². The number of ether oxygens (including phenoxy) is 4. The fourth-order valence-corrected chi connectivity index (χ4v) is 2.29. The van der Waals surface area contributed by atoms with Gasteiger partial charge in [-0.3, -0.25) is 0 Å². The molecule has 6 heteroatoms. The van der Waals surface area contributed by atoms with Crippen LogP contribution in [0.25, 0.3) is 0 Å². The summed E-state index contributed by atoms with van der Waals surface area (Å²) in [5.41, 5.74) is 2.19. The molecule has 0 bridgehead atoms. The highest BCUT2D eigenvalue weighted by molar-refractivity contribution is 9.09. The molecule has 0 heterocycles. The Hall–Kier alpha value is -2.48. The third-order valence-electron chi connectivity index (χ3n) is 3.60. The molecule has 5 nitrogen and oxygen atoms in total. The van der Waals surface area contributed by atoms with Crippen LogP contribution < -0.4 is 9.47 Å². The van der Waals surface area contributed by atoms with Crippen molar-refractivity contribution < 1.29 is 24.1 Å². The van der Waals surface area contributed by atoms with Crippen molar-refractivity contribution in [2.75, 3.05) is 39.4 Å². The van der Waals surface area contributed by atoms with Crippen LogP contribution >= 0.6 is 15.9 Å². The molecule has 0 amide bonds. The van der Waals surface area contributed by atoms with Crippen molar-refractivity contribution in [1.82, 2.24) is 0 Å². The number of hydrogen-bond donors (Lipinski definition) is 1. The van der Waals surface area contributed by atoms with Crippen molar-refractivity contribution >= 4 is 15.9 Å². The van der Waals surface area contributed by atoms with Crippen LogP contribution in [0, 0.1) is 23.7 Å². The molecule has 0 aliphatic rings. The molecule has 0 unspecified atom stereocenters. The number of rotatable bonds is 8. The van der Waals surface area contributed by atoms with E-state index in [1.165, 1.54) is 0 Å². The zero-order valence-corrected chi connectivity index (χ0v) is 18.9. The van der Waals surface area contributed by atoms with Gasteiger partial charge >= 0.3 is 0 Å². The zero-order valence-electron chi connectivity index (χ0n) is 17.3. The van der Waals surface area contributed by atoms with E-state index in [1.807, 2.05) is 48.5 Å². The molecule has 0 aliphatic carbocycles. The summed E-state index contributed by atoms with van der Waals surface area (Å²) in [6.07, 6.45) is 0. The molecule has 1 N–H and O–H groups in total. The monoisotopic (exact) mass is 474 g/mol. The van der Waals surface area contributed by atoms with Gasteiger partial charge in [0.1, 0.15) is 31.3 Å². The Kier molecular flexibility index (Phi) is 14.8. The second kappa shape index (κ2) is 17.4. The van der Waals surface area contributed by atoms with Crippen LogP contribution in [0.3, 0.4) is 0 Å². The van der Waals surface area contributed by atoms with Crippen LogP contribution in [0.15, 0.2) is 48.5 Å². The molecular weight excluding hydrogens is 448 g/mol. The van der Waals surface area contributed by atoms with Crippen molar-refractivity contribution in [3.05, 3.63) is 59.7 Å². The largest absolute Gasteiger partial charge is 0.497 e. The van der Waals surface area contributed by atoms with E-state index < -0.39 is 0 Å². The maximum Gasteiger partial charge on any atom is 0.118 e. The topological polar surface area (TPSA) is 57.2 Å². The van der Waals surface area contributed by atoms with E-state index in [2.05, 4.69) is 39.6 Å². The maximum absolute atomic E-state index is 8.40. The minimum atomic E-state index is -0.119. The lowest BCUT2D eigenvalue weighted by Gasteiger charge is -2.02. The van der Waals surface area contributed by atoms with Crippen LogP contribution in [0.2, 0.25) is 0 Å². The number of methoxy groups -OCH3 is 2. The first-order chi connectivity index (χ1) is 14.7. The fourth-order valence-electron chi connectivity index (χ4n) is 2.09. The van der Waals surface area contributed by atoms with Gasteiger partial charge in [0.25, 0.3) is 0 Å². The van der Waals surface area contributed by atoms with E-state index in [0.717, 1.165) is 22.6 Å². The van der Waals surface area contributed by atoms with Gasteiger partial charge in [-0.1, -0.05) is 63.9 Å². The number of halogens is 1. The van der Waals surface area contributed by atoms with Crippen LogP contribution in [0.4, 0.5) is 0 Å². The van der Waals surface area contributed by atoms with Gasteiger partial charge in [0.2, 0.25) is 0 Å². The van der Waals surface area contributed by atoms with Gasteiger partial charge in [0.15, 0.2) is 0 Å². The second-order valence-electron chi connectivity index (χ2n) is 5.68. The predicted octanol–water partition coefficient (Wildman–Crippen LogP) is 3.82. The van der Waals surface area contributed by atoms with E-state index in [4.69, 9.17) is 24.1 Å². The third kappa shape index (κ3) is 12.2. The maximum atomic E-state index is 8.40. The first-order valence-corrected chi connectivity index (χ1v) is 10.3. The molecule has 160 valence electrons. The fraction of sp³-hybridized carbons (Fsp3) is 0.333. The average Bonchev–Trinajstić information content (AvgIpc) is 2.80. The quantitative estimate of drug-likeness (QED) is 0.358. The first kappa shape index (κ1) is 25.6. The number of hydrogen-bond acceptors (Lipinski definition) is 5. The SMILES string of the molecule is COc1ccc(COCC#CCBr)cc1.COc1ccc(COCC#CCO)cc1. The van der Waals surface area contributed by atoms with Crippen LogP contribution in [0.5, 0.6) is 11.5 Å². The average molecular weight is 475 g/mol. The summed E-state index contributed by atoms with van der Waals surface area (Å²) < 4.78 is 20.7. The van der Waals surface area contributed by atoms with Gasteiger partial charge in [-0.15, -0.1) is 0 Å². The smallest absolute Gasteiger partial charge is 0.118 e. The number of benzene rings is 2. The molecule has 0 radical (unpaired) electrons. The second-order valence-corrected chi connectivity index (χ2v) is 6.24. The van der Waals surface area contributed by atoms with E-state index >= 15 is 0 Å². The van der Waals surface area contributed by atoms with Crippen LogP contribution in [0.1, 0.15) is 11.1 Å². The highest BCUT2D eigenvalue weighted by Crippen LogP contribution is 2.12. The van der Waals surface area contributed by atoms with Crippen LogP contribution in [-0.2, 0) is 22.7 Å². The minimum Gasteiger partial charge on any atom is -0.497 e. The van der Waals surface area contributed by atoms with Gasteiger partial charge in [-0.05, 0) is 35.4 Å². The Bertz CT molecular complexity index is 740. The van der Waals surface area contributed by atoms with E-state index in [0.29, 0.717) is 31.8 Å². The number of aliphatic hydroxyl groups is 1. The lowest BCUT2D eigenvalue weighted by molar-refractivity contribution is 0.153. The molecule has 0 atom stereocenters. The third-order valence-corrected chi connectivity index (χ3v) is 3.88. The zero-order chi connectivity index (χ0) is 21.9. The lowest BCUT2D eigenvalue weighted by atomic mass is 10.2. The molecule has 0 fully saturated rings. The van der Waals surface area contributed by atoms with Gasteiger partial charge < -0.3 is 24.1 Å². The molecule has 0 saturated heterocycles. The van der Waals surface area contributed by atoms with Crippen molar-refractivity contribution in [1.29, 1.82) is 0 Å². The van der Waals surface area contributed by atoms with Crippen molar-refractivity contribution in [2.45, 2.75) is 13.2 Å². The van der Waals surface area contributed by atoms with Crippen molar-refractivity contribution in [2.24, 2.45) is 0 Å². The molecule has 2 rings (SSSR count). The Labute approximate surface area is 187 Å². The van der Waals surface area contributed by atoms with Crippen molar-refractivity contribution in [3.8, 4) is 35.2 Å². The molecule has 0 aliphatic heterocycles. The molecule has 0 aromatic heterocycles. The Balaban J connectivity index is 0.000000300. The Morgan fingerprint density at radius 3 is 1.50 bits per heavy atom. The molecule has 2 aromatic rings. The Morgan fingerprint density at radius 2 is 1.13 bits per heavy atom. The van der Waals surface area contributed by atoms with Crippen LogP contribution in [-0.4, -0.2) is 44.5 Å². The van der Waals surface area contributed by atoms with Gasteiger partial charge in [0, 0.05) is 0 Å². The summed E-state index contributed by atoms with van der Waals surface area (Å²) >= 11 is 3.22. The summed E-state index contributed by atoms with van der Waals surface area (Å²) in [6.45, 7) is 1.79. The molecular formula is C24H27BrO5. The van der Waals surface area contributed by atoms with Gasteiger partial charge in [0.05, 0.1) is 32.8 Å². The van der Waals surface area contributed by atoms with Gasteiger partial charge in [-0.25, -0.2) is 0 Å². The summed E-state index contributed by atoms with van der Waals surface area (Å²) in [5.74, 6) is 12.6. The molecule has 30 heavy (non-hydrogen) atoms. The normalized spacial score (nSPS) is 9.20. The van der Waals surface area contributed by atoms with E-state index in [1.54, 1.807) is 14.2 Å². The first-order valence-electron chi connectivity index (χ1n) is 9.23. The molecule has 0 spiro atoms. The lowest BCUT2D eigenvalue weighted by Crippen LogP contribution is -1.93. The number of aliphatic hydroxyl groups excluding tert-OH is 1. The summed E-state index contributed by atoms with van der Waals surface area (Å²) in [5, 5.41) is 9.09. The molecule has 2 aromatic carbocycles.